The van der Waals surface area contributed by atoms with E-state index in [1.54, 1.807) is 0 Å². The Labute approximate surface area is 109 Å². The quantitative estimate of drug-likeness (QED) is 0.889. The summed E-state index contributed by atoms with van der Waals surface area (Å²) in [6, 6.07) is 8.90. The molecule has 1 heterocycles. The fourth-order valence-electron chi connectivity index (χ4n) is 2.82. The normalized spacial score (nSPS) is 20.6. The first-order valence-electron chi connectivity index (χ1n) is 6.58. The first-order chi connectivity index (χ1) is 8.72. The van der Waals surface area contributed by atoms with Gasteiger partial charge in [0.2, 0.25) is 0 Å². The lowest BCUT2D eigenvalue weighted by Crippen LogP contribution is -2.48. The van der Waals surface area contributed by atoms with Crippen molar-refractivity contribution in [3.05, 3.63) is 35.4 Å². The van der Waals surface area contributed by atoms with Crippen molar-refractivity contribution in [2.75, 3.05) is 27.4 Å². The molecule has 1 N–H and O–H groups in total. The molecule has 1 aromatic carbocycles. The number of hydrogen-bond acceptors (Lipinski definition) is 3. The van der Waals surface area contributed by atoms with Crippen LogP contribution in [0.25, 0.3) is 0 Å². The number of likely N-dealkylation sites (N-methyl/N-ethyl adjacent to an activating group) is 1. The predicted molar refractivity (Wildman–Crippen MR) is 72.8 cm³/mol. The zero-order chi connectivity index (χ0) is 13.0. The van der Waals surface area contributed by atoms with Crippen molar-refractivity contribution >= 4 is 0 Å². The summed E-state index contributed by atoms with van der Waals surface area (Å²) in [5.74, 6) is 0. The van der Waals surface area contributed by atoms with E-state index in [4.69, 9.17) is 9.47 Å². The average molecular weight is 249 g/mol. The smallest absolute Gasteiger partial charge is 0.0916 e. The van der Waals surface area contributed by atoms with E-state index in [1.165, 1.54) is 11.1 Å². The van der Waals surface area contributed by atoms with Gasteiger partial charge in [0.05, 0.1) is 11.6 Å². The minimum Gasteiger partial charge on any atom is -0.381 e. The molecule has 3 heteroatoms. The third-order valence-electron chi connectivity index (χ3n) is 3.97. The van der Waals surface area contributed by atoms with Gasteiger partial charge in [-0.15, -0.1) is 0 Å². The second kappa shape index (κ2) is 5.83. The molecule has 2 rings (SSSR count). The van der Waals surface area contributed by atoms with Gasteiger partial charge in [-0.1, -0.05) is 29.8 Å². The summed E-state index contributed by atoms with van der Waals surface area (Å²) in [6.45, 7) is 3.66. The number of aryl methyl sites for hydroxylation is 1. The SMILES string of the molecule is CNC(c1ccc(C)cc1)C1(OC)CCOCC1. The van der Waals surface area contributed by atoms with Crippen molar-refractivity contribution in [1.82, 2.24) is 5.32 Å². The summed E-state index contributed by atoms with van der Waals surface area (Å²) in [5, 5.41) is 3.42. The topological polar surface area (TPSA) is 30.5 Å². The second-order valence-electron chi connectivity index (χ2n) is 5.01. The molecule has 0 radical (unpaired) electrons. The maximum atomic E-state index is 5.87. The van der Waals surface area contributed by atoms with Crippen LogP contribution in [-0.2, 0) is 9.47 Å². The van der Waals surface area contributed by atoms with Crippen molar-refractivity contribution in [3.8, 4) is 0 Å². The van der Waals surface area contributed by atoms with Crippen LogP contribution in [0, 0.1) is 6.92 Å². The Morgan fingerprint density at radius 1 is 1.22 bits per heavy atom. The van der Waals surface area contributed by atoms with Gasteiger partial charge < -0.3 is 14.8 Å². The number of hydrogen-bond donors (Lipinski definition) is 1. The molecular weight excluding hydrogens is 226 g/mol. The zero-order valence-electron chi connectivity index (χ0n) is 11.5. The Bertz CT molecular complexity index is 369. The minimum atomic E-state index is -0.151. The van der Waals surface area contributed by atoms with E-state index < -0.39 is 0 Å². The van der Waals surface area contributed by atoms with E-state index in [1.807, 2.05) is 14.2 Å². The van der Waals surface area contributed by atoms with Crippen LogP contribution >= 0.6 is 0 Å². The van der Waals surface area contributed by atoms with Crippen molar-refractivity contribution in [2.24, 2.45) is 0 Å². The molecule has 1 saturated heterocycles. The molecule has 0 amide bonds. The van der Waals surface area contributed by atoms with Crippen LogP contribution < -0.4 is 5.32 Å². The number of methoxy groups -OCH3 is 1. The molecule has 1 atom stereocenters. The highest BCUT2D eigenvalue weighted by molar-refractivity contribution is 5.26. The van der Waals surface area contributed by atoms with Gasteiger partial charge in [0.25, 0.3) is 0 Å². The molecule has 100 valence electrons. The van der Waals surface area contributed by atoms with Gasteiger partial charge in [0, 0.05) is 33.2 Å². The molecule has 0 saturated carbocycles. The minimum absolute atomic E-state index is 0.151. The zero-order valence-corrected chi connectivity index (χ0v) is 11.5. The van der Waals surface area contributed by atoms with Crippen LogP contribution in [-0.4, -0.2) is 33.0 Å². The monoisotopic (exact) mass is 249 g/mol. The summed E-state index contributed by atoms with van der Waals surface area (Å²) >= 11 is 0. The number of ether oxygens (including phenoxy) is 2. The molecule has 1 aromatic rings. The molecular formula is C15H23NO2. The largest absolute Gasteiger partial charge is 0.381 e. The molecule has 1 aliphatic heterocycles. The maximum Gasteiger partial charge on any atom is 0.0916 e. The molecule has 0 aromatic heterocycles. The van der Waals surface area contributed by atoms with E-state index in [2.05, 4.69) is 36.5 Å². The van der Waals surface area contributed by atoms with Crippen LogP contribution in [0.4, 0.5) is 0 Å². The summed E-state index contributed by atoms with van der Waals surface area (Å²) < 4.78 is 11.3. The molecule has 0 spiro atoms. The van der Waals surface area contributed by atoms with E-state index in [0.717, 1.165) is 26.1 Å². The van der Waals surface area contributed by atoms with Crippen LogP contribution in [0.5, 0.6) is 0 Å². The highest BCUT2D eigenvalue weighted by Crippen LogP contribution is 2.37. The van der Waals surface area contributed by atoms with Crippen LogP contribution in [0.3, 0.4) is 0 Å². The van der Waals surface area contributed by atoms with E-state index in [0.29, 0.717) is 0 Å². The van der Waals surface area contributed by atoms with Gasteiger partial charge in [-0.2, -0.15) is 0 Å². The van der Waals surface area contributed by atoms with Crippen molar-refractivity contribution in [3.63, 3.8) is 0 Å². The fourth-order valence-corrected chi connectivity index (χ4v) is 2.82. The van der Waals surface area contributed by atoms with Gasteiger partial charge in [-0.3, -0.25) is 0 Å². The van der Waals surface area contributed by atoms with E-state index in [-0.39, 0.29) is 11.6 Å². The van der Waals surface area contributed by atoms with E-state index in [9.17, 15) is 0 Å². The Morgan fingerprint density at radius 2 is 1.83 bits per heavy atom. The molecule has 18 heavy (non-hydrogen) atoms. The highest BCUT2D eigenvalue weighted by atomic mass is 16.5. The predicted octanol–water partition coefficient (Wildman–Crippen LogP) is 2.45. The van der Waals surface area contributed by atoms with Gasteiger partial charge in [0.1, 0.15) is 0 Å². The fraction of sp³-hybridized carbons (Fsp3) is 0.600. The summed E-state index contributed by atoms with van der Waals surface area (Å²) in [5.41, 5.74) is 2.42. The Balaban J connectivity index is 2.27. The Kier molecular flexibility index (Phi) is 4.38. The van der Waals surface area contributed by atoms with Crippen LogP contribution in [0.2, 0.25) is 0 Å². The third kappa shape index (κ3) is 2.58. The molecule has 0 aliphatic carbocycles. The first-order valence-corrected chi connectivity index (χ1v) is 6.58. The standard InChI is InChI=1S/C15H23NO2/c1-12-4-6-13(7-5-12)14(16-2)15(17-3)8-10-18-11-9-15/h4-7,14,16H,8-11H2,1-3H3. The highest BCUT2D eigenvalue weighted by Gasteiger charge is 2.40. The lowest BCUT2D eigenvalue weighted by molar-refractivity contribution is -0.110. The average Bonchev–Trinajstić information content (AvgIpc) is 2.43. The lowest BCUT2D eigenvalue weighted by atomic mass is 9.82. The van der Waals surface area contributed by atoms with Crippen LogP contribution in [0.1, 0.15) is 30.0 Å². The Morgan fingerprint density at radius 3 is 2.33 bits per heavy atom. The number of benzene rings is 1. The lowest BCUT2D eigenvalue weighted by Gasteiger charge is -2.42. The first kappa shape index (κ1) is 13.5. The van der Waals surface area contributed by atoms with Gasteiger partial charge in [-0.05, 0) is 19.5 Å². The van der Waals surface area contributed by atoms with E-state index >= 15 is 0 Å². The molecule has 1 unspecified atom stereocenters. The third-order valence-corrected chi connectivity index (χ3v) is 3.97. The second-order valence-corrected chi connectivity index (χ2v) is 5.01. The van der Waals surface area contributed by atoms with Crippen molar-refractivity contribution in [1.29, 1.82) is 0 Å². The van der Waals surface area contributed by atoms with Crippen LogP contribution in [0.15, 0.2) is 24.3 Å². The summed E-state index contributed by atoms with van der Waals surface area (Å²) in [4.78, 5) is 0. The van der Waals surface area contributed by atoms with Gasteiger partial charge >= 0.3 is 0 Å². The van der Waals surface area contributed by atoms with Gasteiger partial charge in [-0.25, -0.2) is 0 Å². The maximum absolute atomic E-state index is 5.87. The van der Waals surface area contributed by atoms with Crippen molar-refractivity contribution in [2.45, 2.75) is 31.4 Å². The number of rotatable bonds is 4. The Hall–Kier alpha value is -0.900. The number of nitrogens with one attached hydrogen (secondary N) is 1. The summed E-state index contributed by atoms with van der Waals surface area (Å²) in [7, 11) is 3.81. The van der Waals surface area contributed by atoms with Crippen molar-refractivity contribution < 1.29 is 9.47 Å². The molecule has 3 nitrogen and oxygen atoms in total. The summed E-state index contributed by atoms with van der Waals surface area (Å²) in [6.07, 6.45) is 1.87. The van der Waals surface area contributed by atoms with Gasteiger partial charge in [0.15, 0.2) is 0 Å². The molecule has 1 fully saturated rings. The molecule has 0 bridgehead atoms. The molecule has 1 aliphatic rings.